The van der Waals surface area contributed by atoms with E-state index < -0.39 is 0 Å². The number of nitrogen functional groups attached to an aromatic ring is 1. The van der Waals surface area contributed by atoms with Gasteiger partial charge >= 0.3 is 0 Å². The summed E-state index contributed by atoms with van der Waals surface area (Å²) < 4.78 is 0.443. The lowest BCUT2D eigenvalue weighted by Crippen LogP contribution is -2.31. The lowest BCUT2D eigenvalue weighted by atomic mass is 9.97. The lowest BCUT2D eigenvalue weighted by Gasteiger charge is -2.17. The first kappa shape index (κ1) is 13.3. The number of rotatable bonds is 1. The van der Waals surface area contributed by atoms with Crippen LogP contribution in [0.3, 0.4) is 0 Å². The van der Waals surface area contributed by atoms with E-state index in [-0.39, 0.29) is 16.9 Å². The highest BCUT2D eigenvalue weighted by Crippen LogP contribution is 2.29. The fourth-order valence-corrected chi connectivity index (χ4v) is 2.59. The Morgan fingerprint density at radius 3 is 2.95 bits per heavy atom. The van der Waals surface area contributed by atoms with Gasteiger partial charge in [0, 0.05) is 17.7 Å². The Hall–Kier alpha value is -1.66. The van der Waals surface area contributed by atoms with Crippen molar-refractivity contribution in [2.45, 2.75) is 6.42 Å². The molecule has 102 valence electrons. The van der Waals surface area contributed by atoms with E-state index in [4.69, 9.17) is 17.3 Å². The van der Waals surface area contributed by atoms with Crippen LogP contribution in [0.15, 0.2) is 22.8 Å². The molecule has 0 saturated carbocycles. The zero-order valence-corrected chi connectivity index (χ0v) is 12.6. The van der Waals surface area contributed by atoms with Crippen LogP contribution in [0.25, 0.3) is 11.3 Å². The molecule has 0 radical (unpaired) electrons. The van der Waals surface area contributed by atoms with Crippen molar-refractivity contribution in [2.24, 2.45) is 0 Å². The van der Waals surface area contributed by atoms with Gasteiger partial charge in [-0.3, -0.25) is 4.79 Å². The zero-order chi connectivity index (χ0) is 14.3. The summed E-state index contributed by atoms with van der Waals surface area (Å²) in [7, 11) is 0. The van der Waals surface area contributed by atoms with Crippen LogP contribution >= 0.6 is 27.5 Å². The average Bonchev–Trinajstić information content (AvgIpc) is 2.43. The Morgan fingerprint density at radius 1 is 1.35 bits per heavy atom. The maximum Gasteiger partial charge on any atom is 0.251 e. The van der Waals surface area contributed by atoms with Crippen LogP contribution < -0.4 is 11.1 Å². The van der Waals surface area contributed by atoms with Gasteiger partial charge in [-0.1, -0.05) is 17.7 Å². The number of carbonyl (C=O) groups is 1. The summed E-state index contributed by atoms with van der Waals surface area (Å²) in [6, 6.07) is 5.52. The molecule has 1 amide bonds. The van der Waals surface area contributed by atoms with Gasteiger partial charge in [-0.2, -0.15) is 0 Å². The number of nitrogens with zero attached hydrogens (tertiary/aromatic N) is 2. The molecule has 2 aromatic rings. The molecule has 0 bridgehead atoms. The van der Waals surface area contributed by atoms with E-state index in [1.54, 1.807) is 6.07 Å². The van der Waals surface area contributed by atoms with Gasteiger partial charge in [-0.15, -0.1) is 0 Å². The molecule has 3 N–H and O–H groups in total. The van der Waals surface area contributed by atoms with Crippen molar-refractivity contribution >= 4 is 39.3 Å². The predicted octanol–water partition coefficient (Wildman–Crippen LogP) is 2.43. The number of anilines is 1. The summed E-state index contributed by atoms with van der Waals surface area (Å²) in [5.41, 5.74) is 8.92. The molecule has 5 nitrogen and oxygen atoms in total. The SMILES string of the molecule is Nc1nc(Cl)c(Br)nc1-c1ccc2c(c1)CCNC2=O. The molecule has 0 saturated heterocycles. The van der Waals surface area contributed by atoms with Crippen molar-refractivity contribution in [1.82, 2.24) is 15.3 Å². The van der Waals surface area contributed by atoms with Gasteiger partial charge in [0.25, 0.3) is 5.91 Å². The van der Waals surface area contributed by atoms with E-state index in [1.807, 2.05) is 12.1 Å². The molecule has 1 aromatic heterocycles. The molecule has 3 rings (SSSR count). The molecule has 20 heavy (non-hydrogen) atoms. The summed E-state index contributed by atoms with van der Waals surface area (Å²) in [5, 5.41) is 3.03. The maximum absolute atomic E-state index is 11.7. The van der Waals surface area contributed by atoms with E-state index in [0.29, 0.717) is 22.4 Å². The number of hydrogen-bond donors (Lipinski definition) is 2. The van der Waals surface area contributed by atoms with Gasteiger partial charge in [0.15, 0.2) is 11.0 Å². The normalized spacial score (nSPS) is 13.8. The Kier molecular flexibility index (Phi) is 3.35. The average molecular weight is 354 g/mol. The number of fused-ring (bicyclic) bond motifs is 1. The molecule has 2 heterocycles. The zero-order valence-electron chi connectivity index (χ0n) is 10.3. The first-order valence-corrected chi connectivity index (χ1v) is 7.13. The van der Waals surface area contributed by atoms with E-state index >= 15 is 0 Å². The standard InChI is InChI=1S/C13H10BrClN4O/c14-10-11(15)19-12(16)9(18-10)7-1-2-8-6(5-7)3-4-17-13(8)20/h1-2,5H,3-4H2,(H2,16,19)(H,17,20). The fraction of sp³-hybridized carbons (Fsp3) is 0.154. The van der Waals surface area contributed by atoms with Crippen LogP contribution in [0.2, 0.25) is 5.15 Å². The molecule has 7 heteroatoms. The molecule has 1 aliphatic rings. The molecule has 0 aliphatic carbocycles. The number of nitrogens with two attached hydrogens (primary N) is 1. The van der Waals surface area contributed by atoms with Gasteiger partial charge < -0.3 is 11.1 Å². The number of hydrogen-bond acceptors (Lipinski definition) is 4. The van der Waals surface area contributed by atoms with Crippen molar-refractivity contribution in [3.05, 3.63) is 39.1 Å². The summed E-state index contributed by atoms with van der Waals surface area (Å²) in [5.74, 6) is 0.215. The van der Waals surface area contributed by atoms with Crippen molar-refractivity contribution < 1.29 is 4.79 Å². The first-order chi connectivity index (χ1) is 9.56. The molecule has 0 unspecified atom stereocenters. The maximum atomic E-state index is 11.7. The van der Waals surface area contributed by atoms with Gasteiger partial charge in [-0.05, 0) is 40.0 Å². The number of carbonyl (C=O) groups excluding carboxylic acids is 1. The largest absolute Gasteiger partial charge is 0.382 e. The van der Waals surface area contributed by atoms with Crippen molar-refractivity contribution in [2.75, 3.05) is 12.3 Å². The van der Waals surface area contributed by atoms with Crippen LogP contribution in [-0.2, 0) is 6.42 Å². The van der Waals surface area contributed by atoms with E-state index in [0.717, 1.165) is 17.5 Å². The lowest BCUT2D eigenvalue weighted by molar-refractivity contribution is 0.0946. The smallest absolute Gasteiger partial charge is 0.251 e. The Bertz CT molecular complexity index is 720. The van der Waals surface area contributed by atoms with E-state index in [1.165, 1.54) is 0 Å². The van der Waals surface area contributed by atoms with Crippen LogP contribution in [0.1, 0.15) is 15.9 Å². The minimum atomic E-state index is -0.0471. The third-order valence-electron chi connectivity index (χ3n) is 3.14. The molecular weight excluding hydrogens is 344 g/mol. The number of halogens is 2. The Labute approximate surface area is 128 Å². The summed E-state index contributed by atoms with van der Waals surface area (Å²) in [4.78, 5) is 20.0. The molecular formula is C13H10BrClN4O. The summed E-state index contributed by atoms with van der Waals surface area (Å²) >= 11 is 9.09. The Balaban J connectivity index is 2.12. The summed E-state index contributed by atoms with van der Waals surface area (Å²) in [6.45, 7) is 0.640. The van der Waals surface area contributed by atoms with E-state index in [9.17, 15) is 4.79 Å². The predicted molar refractivity (Wildman–Crippen MR) is 80.6 cm³/mol. The number of benzene rings is 1. The summed E-state index contributed by atoms with van der Waals surface area (Å²) in [6.07, 6.45) is 0.789. The van der Waals surface area contributed by atoms with Crippen molar-refractivity contribution in [1.29, 1.82) is 0 Å². The second-order valence-electron chi connectivity index (χ2n) is 4.42. The molecule has 0 fully saturated rings. The number of nitrogens with one attached hydrogen (secondary N) is 1. The fourth-order valence-electron chi connectivity index (χ4n) is 2.19. The molecule has 0 atom stereocenters. The van der Waals surface area contributed by atoms with Crippen molar-refractivity contribution in [3.63, 3.8) is 0 Å². The first-order valence-electron chi connectivity index (χ1n) is 5.96. The van der Waals surface area contributed by atoms with Crippen LogP contribution in [-0.4, -0.2) is 22.4 Å². The van der Waals surface area contributed by atoms with Gasteiger partial charge in [0.1, 0.15) is 10.3 Å². The Morgan fingerprint density at radius 2 is 2.15 bits per heavy atom. The highest BCUT2D eigenvalue weighted by molar-refractivity contribution is 9.10. The third-order valence-corrected chi connectivity index (χ3v) is 4.19. The highest BCUT2D eigenvalue weighted by atomic mass is 79.9. The van der Waals surface area contributed by atoms with Crippen molar-refractivity contribution in [3.8, 4) is 11.3 Å². The number of aromatic nitrogens is 2. The third kappa shape index (κ3) is 2.25. The van der Waals surface area contributed by atoms with Gasteiger partial charge in [-0.25, -0.2) is 9.97 Å². The minimum absolute atomic E-state index is 0.0471. The molecule has 1 aliphatic heterocycles. The van der Waals surface area contributed by atoms with Crippen LogP contribution in [0, 0.1) is 0 Å². The second-order valence-corrected chi connectivity index (χ2v) is 5.53. The van der Waals surface area contributed by atoms with Gasteiger partial charge in [0.05, 0.1) is 0 Å². The van der Waals surface area contributed by atoms with E-state index in [2.05, 4.69) is 31.2 Å². The van der Waals surface area contributed by atoms with Gasteiger partial charge in [0.2, 0.25) is 0 Å². The minimum Gasteiger partial charge on any atom is -0.382 e. The second kappa shape index (κ2) is 5.03. The van der Waals surface area contributed by atoms with Crippen LogP contribution in [0.5, 0.6) is 0 Å². The molecule has 0 spiro atoms. The number of amides is 1. The van der Waals surface area contributed by atoms with Crippen LogP contribution in [0.4, 0.5) is 5.82 Å². The molecule has 1 aromatic carbocycles. The monoisotopic (exact) mass is 352 g/mol. The highest BCUT2D eigenvalue weighted by Gasteiger charge is 2.18. The quantitative estimate of drug-likeness (QED) is 0.825. The topological polar surface area (TPSA) is 80.9 Å².